The minimum absolute atomic E-state index is 0.0648. The van der Waals surface area contributed by atoms with E-state index in [0.717, 1.165) is 0 Å². The molecule has 2 aromatic heterocycles. The molecule has 1 N–H and O–H groups in total. The molecular weight excluding hydrogens is 258 g/mol. The Hall–Kier alpha value is -2.15. The van der Waals surface area contributed by atoms with E-state index in [1.54, 1.807) is 17.8 Å². The average molecular weight is 268 g/mol. The Labute approximate surface area is 108 Å². The summed E-state index contributed by atoms with van der Waals surface area (Å²) < 4.78 is 6.58. The zero-order chi connectivity index (χ0) is 13.1. The molecule has 18 heavy (non-hydrogen) atoms. The SMILES string of the molecule is COc1cc(Cl)nc(NC(=O)c2cn(C)cn2)n1. The number of rotatable bonds is 3. The number of aromatic nitrogens is 4. The zero-order valence-corrected chi connectivity index (χ0v) is 10.5. The maximum atomic E-state index is 11.8. The highest BCUT2D eigenvalue weighted by molar-refractivity contribution is 6.29. The quantitative estimate of drug-likeness (QED) is 0.843. The predicted molar refractivity (Wildman–Crippen MR) is 64.8 cm³/mol. The maximum Gasteiger partial charge on any atom is 0.278 e. The molecule has 0 aromatic carbocycles. The molecule has 94 valence electrons. The molecule has 8 heteroatoms. The van der Waals surface area contributed by atoms with Crippen LogP contribution >= 0.6 is 11.6 Å². The summed E-state index contributed by atoms with van der Waals surface area (Å²) in [7, 11) is 3.21. The number of aryl methyl sites for hydroxylation is 1. The van der Waals surface area contributed by atoms with Gasteiger partial charge in [-0.15, -0.1) is 0 Å². The van der Waals surface area contributed by atoms with Gasteiger partial charge in [-0.05, 0) is 0 Å². The number of carbonyl (C=O) groups excluding carboxylic acids is 1. The number of hydrogen-bond donors (Lipinski definition) is 1. The van der Waals surface area contributed by atoms with Gasteiger partial charge in [0, 0.05) is 19.3 Å². The number of anilines is 1. The van der Waals surface area contributed by atoms with Crippen molar-refractivity contribution in [2.75, 3.05) is 12.4 Å². The highest BCUT2D eigenvalue weighted by Gasteiger charge is 2.12. The van der Waals surface area contributed by atoms with E-state index in [-0.39, 0.29) is 22.7 Å². The third-order valence-electron chi connectivity index (χ3n) is 2.04. The molecule has 1 amide bonds. The number of carbonyl (C=O) groups is 1. The van der Waals surface area contributed by atoms with Crippen LogP contribution in [0.4, 0.5) is 5.95 Å². The second-order valence-corrected chi connectivity index (χ2v) is 3.82. The van der Waals surface area contributed by atoms with Crippen LogP contribution < -0.4 is 10.1 Å². The van der Waals surface area contributed by atoms with Gasteiger partial charge in [0.25, 0.3) is 5.91 Å². The Morgan fingerprint density at radius 1 is 1.50 bits per heavy atom. The van der Waals surface area contributed by atoms with E-state index < -0.39 is 5.91 Å². The number of nitrogens with zero attached hydrogens (tertiary/aromatic N) is 4. The van der Waals surface area contributed by atoms with Crippen LogP contribution in [0.15, 0.2) is 18.6 Å². The van der Waals surface area contributed by atoms with Crippen molar-refractivity contribution in [3.05, 3.63) is 29.4 Å². The Balaban J connectivity index is 2.18. The van der Waals surface area contributed by atoms with E-state index in [2.05, 4.69) is 20.3 Å². The molecule has 0 aliphatic heterocycles. The lowest BCUT2D eigenvalue weighted by molar-refractivity contribution is 0.102. The summed E-state index contributed by atoms with van der Waals surface area (Å²) in [4.78, 5) is 23.5. The minimum atomic E-state index is -0.417. The first-order chi connectivity index (χ1) is 8.58. The second kappa shape index (κ2) is 5.01. The van der Waals surface area contributed by atoms with Crippen molar-refractivity contribution >= 4 is 23.5 Å². The van der Waals surface area contributed by atoms with Gasteiger partial charge in [-0.25, -0.2) is 9.97 Å². The van der Waals surface area contributed by atoms with Crippen molar-refractivity contribution in [3.63, 3.8) is 0 Å². The minimum Gasteiger partial charge on any atom is -0.481 e. The molecule has 0 aliphatic rings. The summed E-state index contributed by atoms with van der Waals surface area (Å²) in [5.74, 6) is -0.0822. The molecule has 0 unspecified atom stereocenters. The van der Waals surface area contributed by atoms with Gasteiger partial charge in [-0.3, -0.25) is 10.1 Å². The van der Waals surface area contributed by atoms with Gasteiger partial charge < -0.3 is 9.30 Å². The van der Waals surface area contributed by atoms with Crippen LogP contribution in [0.2, 0.25) is 5.15 Å². The third-order valence-corrected chi connectivity index (χ3v) is 2.24. The molecule has 0 bridgehead atoms. The van der Waals surface area contributed by atoms with Gasteiger partial charge in [-0.2, -0.15) is 4.98 Å². The van der Waals surface area contributed by atoms with E-state index in [1.165, 1.54) is 19.5 Å². The van der Waals surface area contributed by atoms with Gasteiger partial charge in [0.15, 0.2) is 0 Å². The number of amides is 1. The molecule has 2 aromatic rings. The first-order valence-corrected chi connectivity index (χ1v) is 5.34. The first-order valence-electron chi connectivity index (χ1n) is 4.96. The van der Waals surface area contributed by atoms with Crippen molar-refractivity contribution in [1.82, 2.24) is 19.5 Å². The standard InChI is InChI=1S/C10H10ClN5O2/c1-16-4-6(12-5-16)9(17)15-10-13-7(11)3-8(14-10)18-2/h3-5H,1-2H3,(H,13,14,15,17). The van der Waals surface area contributed by atoms with Crippen LogP contribution in [0.5, 0.6) is 5.88 Å². The highest BCUT2D eigenvalue weighted by Crippen LogP contribution is 2.16. The number of methoxy groups -OCH3 is 1. The molecule has 0 atom stereocenters. The Morgan fingerprint density at radius 2 is 2.28 bits per heavy atom. The first kappa shape index (κ1) is 12.3. The Bertz CT molecular complexity index is 583. The van der Waals surface area contributed by atoms with E-state index >= 15 is 0 Å². The highest BCUT2D eigenvalue weighted by atomic mass is 35.5. The largest absolute Gasteiger partial charge is 0.481 e. The zero-order valence-electron chi connectivity index (χ0n) is 9.72. The lowest BCUT2D eigenvalue weighted by Gasteiger charge is -2.04. The summed E-state index contributed by atoms with van der Waals surface area (Å²) in [5, 5.41) is 2.66. The molecule has 0 fully saturated rings. The normalized spacial score (nSPS) is 10.2. The van der Waals surface area contributed by atoms with Crippen molar-refractivity contribution in [2.24, 2.45) is 7.05 Å². The number of hydrogen-bond acceptors (Lipinski definition) is 5. The molecule has 0 spiro atoms. The molecular formula is C10H10ClN5O2. The molecule has 2 heterocycles. The van der Waals surface area contributed by atoms with E-state index in [9.17, 15) is 4.79 Å². The molecule has 0 saturated heterocycles. The molecule has 0 aliphatic carbocycles. The van der Waals surface area contributed by atoms with Crippen LogP contribution in [0.3, 0.4) is 0 Å². The van der Waals surface area contributed by atoms with Crippen molar-refractivity contribution < 1.29 is 9.53 Å². The van der Waals surface area contributed by atoms with Crippen LogP contribution in [0.1, 0.15) is 10.5 Å². The van der Waals surface area contributed by atoms with Crippen molar-refractivity contribution in [3.8, 4) is 5.88 Å². The summed E-state index contributed by atoms with van der Waals surface area (Å²) in [6, 6.07) is 1.44. The second-order valence-electron chi connectivity index (χ2n) is 3.44. The smallest absolute Gasteiger partial charge is 0.278 e. The van der Waals surface area contributed by atoms with Gasteiger partial charge in [0.05, 0.1) is 13.4 Å². The summed E-state index contributed by atoms with van der Waals surface area (Å²) in [6.45, 7) is 0. The lowest BCUT2D eigenvalue weighted by Crippen LogP contribution is -2.15. The number of halogens is 1. The fraction of sp³-hybridized carbons (Fsp3) is 0.200. The van der Waals surface area contributed by atoms with E-state index in [0.29, 0.717) is 0 Å². The van der Waals surface area contributed by atoms with Gasteiger partial charge in [0.1, 0.15) is 10.8 Å². The fourth-order valence-electron chi connectivity index (χ4n) is 1.25. The summed E-state index contributed by atoms with van der Waals surface area (Å²) in [5.41, 5.74) is 0.264. The van der Waals surface area contributed by atoms with Crippen molar-refractivity contribution in [1.29, 1.82) is 0 Å². The topological polar surface area (TPSA) is 81.9 Å². The Kier molecular flexibility index (Phi) is 3.42. The van der Waals surface area contributed by atoms with Crippen molar-refractivity contribution in [2.45, 2.75) is 0 Å². The molecule has 7 nitrogen and oxygen atoms in total. The van der Waals surface area contributed by atoms with Gasteiger partial charge in [0.2, 0.25) is 11.8 Å². The number of ether oxygens (including phenoxy) is 1. The molecule has 0 radical (unpaired) electrons. The lowest BCUT2D eigenvalue weighted by atomic mass is 10.4. The molecule has 2 rings (SSSR count). The number of nitrogens with one attached hydrogen (secondary N) is 1. The third kappa shape index (κ3) is 2.75. The van der Waals surface area contributed by atoms with Crippen LogP contribution in [0.25, 0.3) is 0 Å². The van der Waals surface area contributed by atoms with Crippen LogP contribution in [-0.4, -0.2) is 32.5 Å². The average Bonchev–Trinajstić information content (AvgIpc) is 2.75. The van der Waals surface area contributed by atoms with Crippen LogP contribution in [-0.2, 0) is 7.05 Å². The predicted octanol–water partition coefficient (Wildman–Crippen LogP) is 1.12. The maximum absolute atomic E-state index is 11.8. The van der Waals surface area contributed by atoms with Gasteiger partial charge >= 0.3 is 0 Å². The summed E-state index contributed by atoms with van der Waals surface area (Å²) >= 11 is 5.76. The fourth-order valence-corrected chi connectivity index (χ4v) is 1.43. The van der Waals surface area contributed by atoms with E-state index in [1.807, 2.05) is 0 Å². The summed E-state index contributed by atoms with van der Waals surface area (Å²) in [6.07, 6.45) is 3.10. The number of imidazole rings is 1. The van der Waals surface area contributed by atoms with Crippen LogP contribution in [0, 0.1) is 0 Å². The molecule has 0 saturated carbocycles. The van der Waals surface area contributed by atoms with Gasteiger partial charge in [-0.1, -0.05) is 11.6 Å². The van der Waals surface area contributed by atoms with E-state index in [4.69, 9.17) is 16.3 Å². The Morgan fingerprint density at radius 3 is 2.89 bits per heavy atom. The monoisotopic (exact) mass is 267 g/mol.